The molecule has 3 nitrogen and oxygen atoms in total. The third-order valence-corrected chi connectivity index (χ3v) is 4.34. The first-order valence-electron chi connectivity index (χ1n) is 6.59. The minimum atomic E-state index is -0.625. The van der Waals surface area contributed by atoms with Crippen molar-refractivity contribution in [2.75, 3.05) is 13.1 Å². The topological polar surface area (TPSA) is 40.5 Å². The molecule has 16 heavy (non-hydrogen) atoms. The molecule has 0 amide bonds. The van der Waals surface area contributed by atoms with E-state index in [1.807, 2.05) is 0 Å². The molecule has 92 valence electrons. The Morgan fingerprint density at radius 3 is 2.56 bits per heavy atom. The first kappa shape index (κ1) is 11.9. The van der Waals surface area contributed by atoms with Gasteiger partial charge >= 0.3 is 5.97 Å². The third-order valence-electron chi connectivity index (χ3n) is 4.34. The normalized spacial score (nSPS) is 36.4. The Kier molecular flexibility index (Phi) is 3.53. The largest absolute Gasteiger partial charge is 0.481 e. The van der Waals surface area contributed by atoms with E-state index in [0.29, 0.717) is 12.3 Å². The quantitative estimate of drug-likeness (QED) is 0.802. The first-order chi connectivity index (χ1) is 7.62. The van der Waals surface area contributed by atoms with E-state index >= 15 is 0 Å². The highest BCUT2D eigenvalue weighted by atomic mass is 16.4. The van der Waals surface area contributed by atoms with Gasteiger partial charge in [-0.3, -0.25) is 9.69 Å². The van der Waals surface area contributed by atoms with E-state index in [4.69, 9.17) is 5.11 Å². The number of carbonyl (C=O) groups is 1. The fourth-order valence-electron chi connectivity index (χ4n) is 3.58. The molecule has 1 saturated heterocycles. The number of carboxylic acids is 1. The molecule has 3 heteroatoms. The summed E-state index contributed by atoms with van der Waals surface area (Å²) in [6, 6.07) is 0. The first-order valence-corrected chi connectivity index (χ1v) is 6.59. The van der Waals surface area contributed by atoms with Gasteiger partial charge in [-0.25, -0.2) is 0 Å². The van der Waals surface area contributed by atoms with Crippen molar-refractivity contribution < 1.29 is 9.90 Å². The zero-order valence-electron chi connectivity index (χ0n) is 10.2. The SMILES string of the molecule is CC1CCC(CC(=O)O)(N2CCCCC2)C1. The van der Waals surface area contributed by atoms with Gasteiger partial charge in [-0.15, -0.1) is 0 Å². The fraction of sp³-hybridized carbons (Fsp3) is 0.923. The van der Waals surface area contributed by atoms with Crippen LogP contribution < -0.4 is 0 Å². The lowest BCUT2D eigenvalue weighted by Gasteiger charge is -2.43. The maximum atomic E-state index is 11.1. The highest BCUT2D eigenvalue weighted by molar-refractivity contribution is 5.68. The van der Waals surface area contributed by atoms with E-state index < -0.39 is 5.97 Å². The number of aliphatic carboxylic acids is 1. The molecule has 0 radical (unpaired) electrons. The molecular formula is C13H23NO2. The van der Waals surface area contributed by atoms with Crippen LogP contribution in [0.15, 0.2) is 0 Å². The Morgan fingerprint density at radius 2 is 2.06 bits per heavy atom. The number of rotatable bonds is 3. The summed E-state index contributed by atoms with van der Waals surface area (Å²) >= 11 is 0. The molecule has 1 N–H and O–H groups in total. The Hall–Kier alpha value is -0.570. The molecular weight excluding hydrogens is 202 g/mol. The van der Waals surface area contributed by atoms with Crippen LogP contribution in [-0.2, 0) is 4.79 Å². The molecule has 2 aliphatic rings. The Morgan fingerprint density at radius 1 is 1.38 bits per heavy atom. The van der Waals surface area contributed by atoms with Gasteiger partial charge in [-0.1, -0.05) is 13.3 Å². The third kappa shape index (κ3) is 2.40. The van der Waals surface area contributed by atoms with Gasteiger partial charge < -0.3 is 5.11 Å². The molecule has 2 rings (SSSR count). The van der Waals surface area contributed by atoms with Gasteiger partial charge in [0.1, 0.15) is 0 Å². The molecule has 1 aliphatic heterocycles. The van der Waals surface area contributed by atoms with Gasteiger partial charge in [0.05, 0.1) is 6.42 Å². The second-order valence-electron chi connectivity index (χ2n) is 5.69. The molecule has 0 bridgehead atoms. The molecule has 0 spiro atoms. The summed E-state index contributed by atoms with van der Waals surface area (Å²) in [5.41, 5.74) is -0.00826. The van der Waals surface area contributed by atoms with Crippen LogP contribution in [-0.4, -0.2) is 34.6 Å². The van der Waals surface area contributed by atoms with E-state index in [1.54, 1.807) is 0 Å². The number of nitrogens with zero attached hydrogens (tertiary/aromatic N) is 1. The lowest BCUT2D eigenvalue weighted by Crippen LogP contribution is -2.50. The second kappa shape index (κ2) is 4.74. The molecule has 2 fully saturated rings. The average Bonchev–Trinajstić information content (AvgIpc) is 2.62. The minimum Gasteiger partial charge on any atom is -0.481 e. The predicted molar refractivity (Wildman–Crippen MR) is 63.4 cm³/mol. The number of hydrogen-bond acceptors (Lipinski definition) is 2. The maximum Gasteiger partial charge on any atom is 0.305 e. The minimum absolute atomic E-state index is 0.00826. The lowest BCUT2D eigenvalue weighted by atomic mass is 9.88. The van der Waals surface area contributed by atoms with Crippen molar-refractivity contribution in [2.24, 2.45) is 5.92 Å². The van der Waals surface area contributed by atoms with E-state index in [-0.39, 0.29) is 5.54 Å². The zero-order chi connectivity index (χ0) is 11.6. The van der Waals surface area contributed by atoms with E-state index in [0.717, 1.165) is 25.9 Å². The summed E-state index contributed by atoms with van der Waals surface area (Å²) in [5.74, 6) is 0.0703. The summed E-state index contributed by atoms with van der Waals surface area (Å²) in [5, 5.41) is 9.13. The van der Waals surface area contributed by atoms with Crippen LogP contribution in [0.2, 0.25) is 0 Å². The predicted octanol–water partition coefficient (Wildman–Crippen LogP) is 2.51. The van der Waals surface area contributed by atoms with Gasteiger partial charge in [0.15, 0.2) is 0 Å². The van der Waals surface area contributed by atoms with Crippen molar-refractivity contribution >= 4 is 5.97 Å². The molecule has 0 aromatic carbocycles. The summed E-state index contributed by atoms with van der Waals surface area (Å²) in [4.78, 5) is 13.6. The van der Waals surface area contributed by atoms with Gasteiger partial charge in [0, 0.05) is 5.54 Å². The van der Waals surface area contributed by atoms with Crippen LogP contribution >= 0.6 is 0 Å². The molecule has 1 heterocycles. The zero-order valence-corrected chi connectivity index (χ0v) is 10.2. The van der Waals surface area contributed by atoms with Gasteiger partial charge in [-0.2, -0.15) is 0 Å². The van der Waals surface area contributed by atoms with Crippen molar-refractivity contribution in [2.45, 2.75) is 57.4 Å². The highest BCUT2D eigenvalue weighted by Gasteiger charge is 2.43. The summed E-state index contributed by atoms with van der Waals surface area (Å²) < 4.78 is 0. The molecule has 2 unspecified atom stereocenters. The fourth-order valence-corrected chi connectivity index (χ4v) is 3.58. The number of hydrogen-bond donors (Lipinski definition) is 1. The standard InChI is InChI=1S/C13H23NO2/c1-11-5-6-13(9-11,10-12(15)16)14-7-3-2-4-8-14/h11H,2-10H2,1H3,(H,15,16). The average molecular weight is 225 g/mol. The smallest absolute Gasteiger partial charge is 0.305 e. The summed E-state index contributed by atoms with van der Waals surface area (Å²) in [6.45, 7) is 4.48. The molecule has 1 saturated carbocycles. The maximum absolute atomic E-state index is 11.1. The second-order valence-corrected chi connectivity index (χ2v) is 5.69. The van der Waals surface area contributed by atoms with Crippen LogP contribution in [0.1, 0.15) is 51.9 Å². The van der Waals surface area contributed by atoms with E-state index in [9.17, 15) is 4.79 Å². The Balaban J connectivity index is 2.09. The monoisotopic (exact) mass is 225 g/mol. The van der Waals surface area contributed by atoms with E-state index in [1.165, 1.54) is 25.7 Å². The van der Waals surface area contributed by atoms with Gasteiger partial charge in [0.2, 0.25) is 0 Å². The Labute approximate surface area is 97.8 Å². The summed E-state index contributed by atoms with van der Waals surface area (Å²) in [7, 11) is 0. The van der Waals surface area contributed by atoms with Gasteiger partial charge in [-0.05, 0) is 51.1 Å². The molecule has 2 atom stereocenters. The van der Waals surface area contributed by atoms with E-state index in [2.05, 4.69) is 11.8 Å². The van der Waals surface area contributed by atoms with Crippen LogP contribution in [0.25, 0.3) is 0 Å². The lowest BCUT2D eigenvalue weighted by molar-refractivity contribution is -0.140. The van der Waals surface area contributed by atoms with Crippen molar-refractivity contribution in [3.63, 3.8) is 0 Å². The Bertz CT molecular complexity index is 261. The van der Waals surface area contributed by atoms with Crippen LogP contribution in [0.5, 0.6) is 0 Å². The summed E-state index contributed by atoms with van der Waals surface area (Å²) in [6.07, 6.45) is 7.52. The van der Waals surface area contributed by atoms with Crippen molar-refractivity contribution in [3.05, 3.63) is 0 Å². The number of likely N-dealkylation sites (tertiary alicyclic amines) is 1. The number of carboxylic acid groups (broad SMARTS) is 1. The van der Waals surface area contributed by atoms with Crippen molar-refractivity contribution in [1.82, 2.24) is 4.90 Å². The molecule has 0 aromatic heterocycles. The van der Waals surface area contributed by atoms with Crippen LogP contribution in [0.3, 0.4) is 0 Å². The van der Waals surface area contributed by atoms with Gasteiger partial charge in [0.25, 0.3) is 0 Å². The highest BCUT2D eigenvalue weighted by Crippen LogP contribution is 2.42. The van der Waals surface area contributed by atoms with Crippen molar-refractivity contribution in [3.8, 4) is 0 Å². The van der Waals surface area contributed by atoms with Crippen molar-refractivity contribution in [1.29, 1.82) is 0 Å². The molecule has 1 aliphatic carbocycles. The van der Waals surface area contributed by atoms with Crippen LogP contribution in [0, 0.1) is 5.92 Å². The number of piperidine rings is 1. The van der Waals surface area contributed by atoms with Crippen LogP contribution in [0.4, 0.5) is 0 Å². The molecule has 0 aromatic rings.